The Kier molecular flexibility index (Phi) is 8.90. The van der Waals surface area contributed by atoms with Gasteiger partial charge in [0.1, 0.15) is 23.2 Å². The first-order valence-electron chi connectivity index (χ1n) is 11.9. The highest BCUT2D eigenvalue weighted by molar-refractivity contribution is 6.31. The third-order valence-corrected chi connectivity index (χ3v) is 5.63. The Labute approximate surface area is 230 Å². The molecule has 2 aromatic carbocycles. The summed E-state index contributed by atoms with van der Waals surface area (Å²) in [6.45, 7) is 4.12. The quantitative estimate of drug-likeness (QED) is 0.457. The summed E-state index contributed by atoms with van der Waals surface area (Å²) >= 11 is 11.5. The lowest BCUT2D eigenvalue weighted by Crippen LogP contribution is -2.52. The number of amides is 4. The monoisotopic (exact) mass is 569 g/mol. The zero-order valence-corrected chi connectivity index (χ0v) is 22.3. The second-order valence-corrected chi connectivity index (χ2v) is 10.1. The van der Waals surface area contributed by atoms with E-state index in [2.05, 4.69) is 16.2 Å². The molecule has 0 radical (unpaired) electrons. The molecule has 0 saturated carbocycles. The lowest BCUT2D eigenvalue weighted by Gasteiger charge is -2.27. The summed E-state index contributed by atoms with van der Waals surface area (Å²) in [5, 5.41) is 2.91. The van der Waals surface area contributed by atoms with E-state index in [-0.39, 0.29) is 29.3 Å². The molecule has 2 aromatic rings. The molecule has 1 fully saturated rings. The first-order valence-corrected chi connectivity index (χ1v) is 12.2. The van der Waals surface area contributed by atoms with Crippen LogP contribution in [0.1, 0.15) is 38.9 Å². The van der Waals surface area contributed by atoms with E-state index in [4.69, 9.17) is 34.0 Å². The molecule has 0 aliphatic carbocycles. The van der Waals surface area contributed by atoms with E-state index < -0.39 is 53.9 Å². The van der Waals surface area contributed by atoms with Crippen LogP contribution in [0.2, 0.25) is 10.0 Å². The van der Waals surface area contributed by atoms with Crippen molar-refractivity contribution < 1.29 is 34.4 Å². The molecule has 1 saturated heterocycles. The zero-order valence-electron chi connectivity index (χ0n) is 21.8. The van der Waals surface area contributed by atoms with Gasteiger partial charge in [-0.05, 0) is 63.6 Å². The minimum atomic E-state index is -2.24. The third-order valence-electron chi connectivity index (χ3n) is 5.07. The fourth-order valence-electron chi connectivity index (χ4n) is 3.40. The van der Waals surface area contributed by atoms with E-state index >= 15 is 0 Å². The van der Waals surface area contributed by atoms with E-state index in [0.717, 1.165) is 11.0 Å². The summed E-state index contributed by atoms with van der Waals surface area (Å²) in [4.78, 5) is 51.7. The van der Waals surface area contributed by atoms with Crippen molar-refractivity contribution in [1.82, 2.24) is 21.1 Å². The largest absolute Gasteiger partial charge is 0.484 e. The van der Waals surface area contributed by atoms with Crippen LogP contribution in [0.3, 0.4) is 0 Å². The lowest BCUT2D eigenvalue weighted by atomic mass is 10.1. The Morgan fingerprint density at radius 3 is 2.42 bits per heavy atom. The van der Waals surface area contributed by atoms with E-state index in [0.29, 0.717) is 5.02 Å². The van der Waals surface area contributed by atoms with Gasteiger partial charge in [-0.3, -0.25) is 30.1 Å². The number of carbonyl (C=O) groups excluding carboxylic acids is 4. The lowest BCUT2D eigenvalue weighted by molar-refractivity contribution is -0.126. The molecule has 3 rings (SSSR count). The first kappa shape index (κ1) is 27.5. The van der Waals surface area contributed by atoms with Gasteiger partial charge in [-0.1, -0.05) is 23.2 Å². The summed E-state index contributed by atoms with van der Waals surface area (Å²) in [7, 11) is 0. The van der Waals surface area contributed by atoms with Gasteiger partial charge >= 0.3 is 6.09 Å². The van der Waals surface area contributed by atoms with Crippen LogP contribution in [0.5, 0.6) is 5.75 Å². The summed E-state index contributed by atoms with van der Waals surface area (Å²) in [5.41, 5.74) is 3.63. The van der Waals surface area contributed by atoms with Gasteiger partial charge in [-0.2, -0.15) is 0 Å². The van der Waals surface area contributed by atoms with Gasteiger partial charge in [0.05, 0.1) is 6.39 Å². The molecule has 3 N–H and O–H groups in total. The number of carbonyl (C=O) groups is 4. The fraction of sp³-hybridized carbons (Fsp3) is 0.360. The summed E-state index contributed by atoms with van der Waals surface area (Å²) < 4.78 is 33.0. The number of hydrogen-bond acceptors (Lipinski definition) is 6. The molecule has 1 heterocycles. The summed E-state index contributed by atoms with van der Waals surface area (Å²) in [6, 6.07) is 6.46. The smallest absolute Gasteiger partial charge is 0.411 e. The van der Waals surface area contributed by atoms with Crippen LogP contribution in [0.15, 0.2) is 42.5 Å². The average molecular weight is 570 g/mol. The molecule has 0 spiro atoms. The van der Waals surface area contributed by atoms with Gasteiger partial charge in [-0.25, -0.2) is 9.18 Å². The fourth-order valence-corrected chi connectivity index (χ4v) is 3.64. The van der Waals surface area contributed by atoms with E-state index in [9.17, 15) is 23.6 Å². The van der Waals surface area contributed by atoms with Gasteiger partial charge in [0, 0.05) is 29.2 Å². The second-order valence-electron chi connectivity index (χ2n) is 9.29. The van der Waals surface area contributed by atoms with Crippen LogP contribution in [-0.2, 0) is 14.3 Å². The van der Waals surface area contributed by atoms with Crippen molar-refractivity contribution in [3.63, 3.8) is 0 Å². The van der Waals surface area contributed by atoms with E-state index in [1.54, 1.807) is 20.8 Å². The van der Waals surface area contributed by atoms with Crippen LogP contribution in [0.4, 0.5) is 9.18 Å². The Morgan fingerprint density at radius 2 is 1.79 bits per heavy atom. The predicted octanol–water partition coefficient (Wildman–Crippen LogP) is 3.47. The van der Waals surface area contributed by atoms with Crippen LogP contribution >= 0.6 is 23.2 Å². The zero-order chi connectivity index (χ0) is 29.0. The van der Waals surface area contributed by atoms with Crippen molar-refractivity contribution in [3.8, 4) is 5.75 Å². The predicted molar refractivity (Wildman–Crippen MR) is 137 cm³/mol. The molecule has 38 heavy (non-hydrogen) atoms. The van der Waals surface area contributed by atoms with Crippen molar-refractivity contribution in [2.24, 2.45) is 0 Å². The van der Waals surface area contributed by atoms with Crippen molar-refractivity contribution in [2.45, 2.75) is 44.9 Å². The Hall–Kier alpha value is -3.57. The van der Waals surface area contributed by atoms with E-state index in [1.807, 2.05) is 0 Å². The van der Waals surface area contributed by atoms with Crippen LogP contribution in [-0.4, -0.2) is 59.5 Å². The molecular weight excluding hydrogens is 542 g/mol. The molecule has 4 amide bonds. The molecule has 0 unspecified atom stereocenters. The average Bonchev–Trinajstić information content (AvgIpc) is 3.19. The standard InChI is InChI=1S/C25H27Cl2FN4O6/c1-25(2,3)38-24(36)32-12-16(29-21(33)13-37-17-8-9-18(27)19(28)11-17)10-20(32)23(35)31-30-22(34)14-4-6-15(26)7-5-14/h4-9,11,16,20H,10,12-13H2,1-3H3,(H,29,33)(H,30,34)(H,31,35)/t16-,20+/m0/s1/i20D. The third kappa shape index (κ3) is 8.22. The molecular formula is C25H27Cl2FN4O6. The van der Waals surface area contributed by atoms with Gasteiger partial charge in [0.2, 0.25) is 0 Å². The van der Waals surface area contributed by atoms with Crippen molar-refractivity contribution in [1.29, 1.82) is 0 Å². The molecule has 10 nitrogen and oxygen atoms in total. The summed E-state index contributed by atoms with van der Waals surface area (Å²) in [5.74, 6) is -2.99. The SMILES string of the molecule is [2H][C@]1(C(=O)NNC(=O)c2ccc(Cl)cc2)C[C@H](NC(=O)COc2ccc(Cl)c(F)c2)CN1C(=O)OC(C)(C)C. The maximum absolute atomic E-state index is 13.6. The van der Waals surface area contributed by atoms with Gasteiger partial charge in [0.25, 0.3) is 17.7 Å². The number of nitrogens with zero attached hydrogens (tertiary/aromatic N) is 1. The highest BCUT2D eigenvalue weighted by Gasteiger charge is 2.42. The molecule has 13 heteroatoms. The highest BCUT2D eigenvalue weighted by atomic mass is 35.5. The van der Waals surface area contributed by atoms with E-state index in [1.165, 1.54) is 36.4 Å². The number of halogens is 3. The van der Waals surface area contributed by atoms with Crippen LogP contribution in [0, 0.1) is 5.82 Å². The van der Waals surface area contributed by atoms with Gasteiger partial charge < -0.3 is 14.8 Å². The first-order chi connectivity index (χ1) is 18.2. The minimum Gasteiger partial charge on any atom is -0.484 e. The maximum Gasteiger partial charge on any atom is 0.411 e. The number of hydrogen-bond donors (Lipinski definition) is 3. The Balaban J connectivity index is 1.68. The van der Waals surface area contributed by atoms with Gasteiger partial charge in [-0.15, -0.1) is 0 Å². The molecule has 1 aliphatic heterocycles. The topological polar surface area (TPSA) is 126 Å². The molecule has 1 aliphatic rings. The number of hydrazine groups is 1. The minimum absolute atomic E-state index is 0.0690. The van der Waals surface area contributed by atoms with Crippen molar-refractivity contribution in [2.75, 3.05) is 13.2 Å². The van der Waals surface area contributed by atoms with Crippen LogP contribution in [0.25, 0.3) is 0 Å². The number of nitrogens with one attached hydrogen (secondary N) is 3. The Bertz CT molecular complexity index is 1260. The van der Waals surface area contributed by atoms with Crippen molar-refractivity contribution in [3.05, 3.63) is 63.9 Å². The second kappa shape index (κ2) is 12.3. The maximum atomic E-state index is 13.6. The Morgan fingerprint density at radius 1 is 1.11 bits per heavy atom. The number of benzene rings is 2. The summed E-state index contributed by atoms with van der Waals surface area (Å²) in [6.07, 6.45) is -1.28. The molecule has 0 bridgehead atoms. The van der Waals surface area contributed by atoms with Crippen LogP contribution < -0.4 is 20.9 Å². The molecule has 2 atom stereocenters. The molecule has 0 aromatic heterocycles. The normalized spacial score (nSPS) is 19.3. The van der Waals surface area contributed by atoms with Crippen molar-refractivity contribution >= 4 is 47.0 Å². The molecule has 204 valence electrons. The highest BCUT2D eigenvalue weighted by Crippen LogP contribution is 2.23. The number of rotatable bonds is 6. The number of likely N-dealkylation sites (tertiary alicyclic amines) is 1. The number of ether oxygens (including phenoxy) is 2. The van der Waals surface area contributed by atoms with Gasteiger partial charge in [0.15, 0.2) is 6.61 Å².